The average Bonchev–Trinajstić information content (AvgIpc) is 2.43. The van der Waals surface area contributed by atoms with Crippen molar-refractivity contribution in [3.05, 3.63) is 58.7 Å². The maximum absolute atomic E-state index is 10.6. The minimum atomic E-state index is -0.910. The fraction of sp³-hybridized carbons (Fsp3) is 0.500. The third kappa shape index (κ3) is 6.35. The Bertz CT molecular complexity index is 608. The van der Waals surface area contributed by atoms with Gasteiger partial charge in [-0.15, -0.1) is 0 Å². The molecule has 0 bridgehead atoms. The molecule has 0 amide bonds. The van der Waals surface area contributed by atoms with Crippen LogP contribution in [0.1, 0.15) is 60.8 Å². The average molecular weight is 328 g/mol. The maximum Gasteiger partial charge on any atom is 0.328 e. The molecule has 132 valence electrons. The van der Waals surface area contributed by atoms with Gasteiger partial charge in [0.05, 0.1) is 0 Å². The van der Waals surface area contributed by atoms with Gasteiger partial charge in [-0.05, 0) is 61.2 Å². The predicted octanol–water partition coefficient (Wildman–Crippen LogP) is 6.24. The number of carbonyl (C=O) groups is 1. The zero-order valence-corrected chi connectivity index (χ0v) is 16.0. The van der Waals surface area contributed by atoms with Crippen molar-refractivity contribution < 1.29 is 9.90 Å². The summed E-state index contributed by atoms with van der Waals surface area (Å²) >= 11 is 0. The highest BCUT2D eigenvalue weighted by atomic mass is 16.4. The van der Waals surface area contributed by atoms with Crippen molar-refractivity contribution in [3.8, 4) is 0 Å². The van der Waals surface area contributed by atoms with Crippen molar-refractivity contribution in [1.82, 2.24) is 0 Å². The second-order valence-corrected chi connectivity index (χ2v) is 7.67. The molecule has 0 saturated heterocycles. The third-order valence-corrected chi connectivity index (χ3v) is 4.65. The summed E-state index contributed by atoms with van der Waals surface area (Å²) in [5.74, 6) is -0.491. The lowest BCUT2D eigenvalue weighted by molar-refractivity contribution is -0.131. The molecular weight excluding hydrogens is 296 g/mol. The Morgan fingerprint density at radius 2 is 1.92 bits per heavy atom. The van der Waals surface area contributed by atoms with Crippen LogP contribution >= 0.6 is 0 Å². The number of aliphatic carboxylic acids is 1. The summed E-state index contributed by atoms with van der Waals surface area (Å²) in [4.78, 5) is 10.6. The van der Waals surface area contributed by atoms with Gasteiger partial charge < -0.3 is 5.11 Å². The van der Waals surface area contributed by atoms with Crippen molar-refractivity contribution in [2.24, 2.45) is 11.3 Å². The van der Waals surface area contributed by atoms with Crippen LogP contribution in [0.4, 0.5) is 0 Å². The molecule has 0 aromatic carbocycles. The Balaban J connectivity index is 3.00. The van der Waals surface area contributed by atoms with E-state index in [9.17, 15) is 4.79 Å². The predicted molar refractivity (Wildman–Crippen MR) is 103 cm³/mol. The number of carboxylic acid groups (broad SMARTS) is 1. The van der Waals surface area contributed by atoms with E-state index < -0.39 is 5.97 Å². The molecule has 24 heavy (non-hydrogen) atoms. The lowest BCUT2D eigenvalue weighted by atomic mass is 9.72. The molecule has 0 heterocycles. The van der Waals surface area contributed by atoms with Gasteiger partial charge in [0.1, 0.15) is 0 Å². The number of carboxylic acids is 1. The van der Waals surface area contributed by atoms with Crippen molar-refractivity contribution in [2.75, 3.05) is 0 Å². The molecule has 0 saturated carbocycles. The molecule has 0 aromatic heterocycles. The van der Waals surface area contributed by atoms with Crippen LogP contribution in [0.2, 0.25) is 0 Å². The molecule has 1 aliphatic rings. The van der Waals surface area contributed by atoms with Crippen LogP contribution in [0.5, 0.6) is 0 Å². The van der Waals surface area contributed by atoms with E-state index in [-0.39, 0.29) is 5.41 Å². The van der Waals surface area contributed by atoms with Gasteiger partial charge in [-0.1, -0.05) is 63.6 Å². The summed E-state index contributed by atoms with van der Waals surface area (Å²) < 4.78 is 0. The van der Waals surface area contributed by atoms with Crippen LogP contribution in [0, 0.1) is 11.3 Å². The van der Waals surface area contributed by atoms with Crippen LogP contribution in [0.25, 0.3) is 0 Å². The highest BCUT2D eigenvalue weighted by Crippen LogP contribution is 2.40. The fourth-order valence-electron chi connectivity index (χ4n) is 3.18. The molecule has 2 heteroatoms. The van der Waals surface area contributed by atoms with Crippen molar-refractivity contribution in [1.29, 1.82) is 0 Å². The Labute approximate surface area is 147 Å². The minimum absolute atomic E-state index is 0.248. The first-order valence-corrected chi connectivity index (χ1v) is 8.81. The van der Waals surface area contributed by atoms with E-state index in [1.807, 2.05) is 12.2 Å². The molecule has 0 spiro atoms. The molecule has 0 unspecified atom stereocenters. The van der Waals surface area contributed by atoms with E-state index in [0.717, 1.165) is 5.57 Å². The SMILES string of the molecule is CC1=C(/C=C/C(=C\C=C\C(C)=C\C(=O)O)C(C)C)C(C)(C)CCC1. The van der Waals surface area contributed by atoms with Gasteiger partial charge in [-0.25, -0.2) is 4.79 Å². The second kappa shape index (κ2) is 8.86. The van der Waals surface area contributed by atoms with Crippen LogP contribution < -0.4 is 0 Å². The van der Waals surface area contributed by atoms with Crippen molar-refractivity contribution >= 4 is 5.97 Å². The van der Waals surface area contributed by atoms with Gasteiger partial charge in [0.2, 0.25) is 0 Å². The van der Waals surface area contributed by atoms with Gasteiger partial charge in [0, 0.05) is 6.08 Å². The molecule has 1 N–H and O–H groups in total. The van der Waals surface area contributed by atoms with E-state index >= 15 is 0 Å². The largest absolute Gasteiger partial charge is 0.478 e. The normalized spacial score (nSPS) is 19.8. The van der Waals surface area contributed by atoms with E-state index in [1.54, 1.807) is 6.92 Å². The number of hydrogen-bond donors (Lipinski definition) is 1. The van der Waals surface area contributed by atoms with Gasteiger partial charge in [0.25, 0.3) is 0 Å². The molecule has 0 fully saturated rings. The summed E-state index contributed by atoms with van der Waals surface area (Å²) in [7, 11) is 0. The summed E-state index contributed by atoms with van der Waals surface area (Å²) in [6, 6.07) is 0. The molecule has 1 rings (SSSR count). The highest BCUT2D eigenvalue weighted by molar-refractivity contribution is 5.81. The number of hydrogen-bond acceptors (Lipinski definition) is 1. The molecular formula is C22H32O2. The first-order valence-electron chi connectivity index (χ1n) is 8.81. The van der Waals surface area contributed by atoms with Crippen LogP contribution in [0.15, 0.2) is 58.7 Å². The number of rotatable bonds is 6. The first-order chi connectivity index (χ1) is 11.1. The van der Waals surface area contributed by atoms with Gasteiger partial charge >= 0.3 is 5.97 Å². The molecule has 0 aliphatic heterocycles. The molecule has 0 radical (unpaired) electrons. The second-order valence-electron chi connectivity index (χ2n) is 7.67. The smallest absolute Gasteiger partial charge is 0.328 e. The molecule has 1 aliphatic carbocycles. The van der Waals surface area contributed by atoms with E-state index in [1.165, 1.54) is 42.1 Å². The zero-order valence-electron chi connectivity index (χ0n) is 16.0. The minimum Gasteiger partial charge on any atom is -0.478 e. The van der Waals surface area contributed by atoms with Crippen molar-refractivity contribution in [3.63, 3.8) is 0 Å². The van der Waals surface area contributed by atoms with E-state index in [4.69, 9.17) is 5.11 Å². The van der Waals surface area contributed by atoms with E-state index in [2.05, 4.69) is 52.8 Å². The summed E-state index contributed by atoms with van der Waals surface area (Å²) in [6.45, 7) is 13.1. The topological polar surface area (TPSA) is 37.3 Å². The quantitative estimate of drug-likeness (QED) is 0.463. The van der Waals surface area contributed by atoms with Crippen LogP contribution in [-0.4, -0.2) is 11.1 Å². The lowest BCUT2D eigenvalue weighted by Crippen LogP contribution is -2.19. The summed E-state index contributed by atoms with van der Waals surface area (Å²) in [5, 5.41) is 8.74. The summed E-state index contributed by atoms with van der Waals surface area (Å²) in [6.07, 6.45) is 15.3. The Kier molecular flexibility index (Phi) is 7.47. The Hall–Kier alpha value is -1.83. The standard InChI is InChI=1S/C22H32O2/c1-16(2)19(11-7-9-17(3)15-21(23)24)12-13-20-18(4)10-8-14-22(20,5)6/h7,9,11-13,15-16H,8,10,14H2,1-6H3,(H,23,24)/b9-7+,13-12+,17-15+,19-11+. The van der Waals surface area contributed by atoms with Crippen LogP contribution in [-0.2, 0) is 4.79 Å². The highest BCUT2D eigenvalue weighted by Gasteiger charge is 2.26. The molecule has 0 atom stereocenters. The third-order valence-electron chi connectivity index (χ3n) is 4.65. The molecule has 0 aromatic rings. The van der Waals surface area contributed by atoms with Gasteiger partial charge in [-0.2, -0.15) is 0 Å². The van der Waals surface area contributed by atoms with Crippen molar-refractivity contribution in [2.45, 2.75) is 60.8 Å². The van der Waals surface area contributed by atoms with Crippen LogP contribution in [0.3, 0.4) is 0 Å². The number of allylic oxidation sites excluding steroid dienone is 9. The Morgan fingerprint density at radius 3 is 2.46 bits per heavy atom. The van der Waals surface area contributed by atoms with E-state index in [0.29, 0.717) is 5.92 Å². The zero-order chi connectivity index (χ0) is 18.3. The fourth-order valence-corrected chi connectivity index (χ4v) is 3.18. The van der Waals surface area contributed by atoms with Gasteiger partial charge in [-0.3, -0.25) is 0 Å². The maximum atomic E-state index is 10.6. The molecule has 2 nitrogen and oxygen atoms in total. The Morgan fingerprint density at radius 1 is 1.25 bits per heavy atom. The van der Waals surface area contributed by atoms with Gasteiger partial charge in [0.15, 0.2) is 0 Å². The first kappa shape index (κ1) is 20.2. The lowest BCUT2D eigenvalue weighted by Gasteiger charge is -2.33. The summed E-state index contributed by atoms with van der Waals surface area (Å²) in [5.41, 5.74) is 5.19. The monoisotopic (exact) mass is 328 g/mol.